The SMILES string of the molecule is CC1CN(C)Cc2c(c(OC3CCN(S(C)=O)CC3)nn2CCO)/C=C/c2[nH]nc3ccc(cc23)-c2cnn(C)c2O1. The Morgan fingerprint density at radius 1 is 1.21 bits per heavy atom. The summed E-state index contributed by atoms with van der Waals surface area (Å²) < 4.78 is 30.5. The van der Waals surface area contributed by atoms with Crippen molar-refractivity contribution in [1.82, 2.24) is 39.0 Å². The second kappa shape index (κ2) is 12.0. The molecule has 1 aromatic carbocycles. The first-order valence-electron chi connectivity index (χ1n) is 14.3. The zero-order valence-electron chi connectivity index (χ0n) is 24.5. The number of aliphatic hydroxyl groups excluding tert-OH is 1. The van der Waals surface area contributed by atoms with Gasteiger partial charge in [0.15, 0.2) is 0 Å². The Balaban J connectivity index is 1.43. The summed E-state index contributed by atoms with van der Waals surface area (Å²) in [7, 11) is 2.96. The average Bonchev–Trinajstić information content (AvgIpc) is 3.63. The average molecular weight is 595 g/mol. The van der Waals surface area contributed by atoms with Gasteiger partial charge >= 0.3 is 0 Å². The quantitative estimate of drug-likeness (QED) is 0.361. The summed E-state index contributed by atoms with van der Waals surface area (Å²) in [6.07, 6.45) is 8.98. The number of fused-ring (bicyclic) bond motifs is 4. The molecule has 6 rings (SSSR count). The molecule has 0 radical (unpaired) electrons. The Kier molecular flexibility index (Phi) is 8.17. The minimum absolute atomic E-state index is 0.0369. The third kappa shape index (κ3) is 5.74. The summed E-state index contributed by atoms with van der Waals surface area (Å²) in [6, 6.07) is 6.15. The Morgan fingerprint density at radius 3 is 2.79 bits per heavy atom. The lowest BCUT2D eigenvalue weighted by Crippen LogP contribution is -2.38. The number of H-pyrrole nitrogens is 1. The van der Waals surface area contributed by atoms with Crippen LogP contribution in [0.2, 0.25) is 0 Å². The molecule has 13 heteroatoms. The molecule has 2 aliphatic heterocycles. The van der Waals surface area contributed by atoms with Crippen LogP contribution in [0.1, 0.15) is 36.7 Å². The highest BCUT2D eigenvalue weighted by molar-refractivity contribution is 7.81. The molecule has 0 amide bonds. The van der Waals surface area contributed by atoms with Crippen molar-refractivity contribution in [3.05, 3.63) is 41.3 Å². The highest BCUT2D eigenvalue weighted by Gasteiger charge is 2.27. The van der Waals surface area contributed by atoms with Crippen molar-refractivity contribution in [2.45, 2.75) is 45.1 Å². The Morgan fingerprint density at radius 2 is 2.02 bits per heavy atom. The highest BCUT2D eigenvalue weighted by Crippen LogP contribution is 2.34. The fourth-order valence-corrected chi connectivity index (χ4v) is 6.52. The molecular formula is C29H38N8O4S. The summed E-state index contributed by atoms with van der Waals surface area (Å²) in [4.78, 5) is 2.19. The minimum Gasteiger partial charge on any atom is -0.473 e. The van der Waals surface area contributed by atoms with Gasteiger partial charge in [-0.15, -0.1) is 5.10 Å². The van der Waals surface area contributed by atoms with E-state index in [1.165, 1.54) is 0 Å². The summed E-state index contributed by atoms with van der Waals surface area (Å²) in [5.41, 5.74) is 5.45. The number of hydrogen-bond acceptors (Lipinski definition) is 8. The van der Waals surface area contributed by atoms with E-state index in [9.17, 15) is 9.32 Å². The van der Waals surface area contributed by atoms with Crippen LogP contribution in [0.5, 0.6) is 11.8 Å². The van der Waals surface area contributed by atoms with Crippen LogP contribution in [0.15, 0.2) is 24.4 Å². The van der Waals surface area contributed by atoms with E-state index in [0.717, 1.165) is 51.8 Å². The van der Waals surface area contributed by atoms with E-state index >= 15 is 0 Å². The molecule has 42 heavy (non-hydrogen) atoms. The van der Waals surface area contributed by atoms with Crippen molar-refractivity contribution >= 4 is 34.0 Å². The van der Waals surface area contributed by atoms with Crippen molar-refractivity contribution in [3.8, 4) is 22.9 Å². The van der Waals surface area contributed by atoms with Crippen molar-refractivity contribution < 1.29 is 18.8 Å². The van der Waals surface area contributed by atoms with Gasteiger partial charge in [-0.3, -0.25) is 14.7 Å². The Labute approximate surface area is 247 Å². The molecule has 3 aromatic heterocycles. The van der Waals surface area contributed by atoms with Crippen LogP contribution in [0.25, 0.3) is 34.2 Å². The summed E-state index contributed by atoms with van der Waals surface area (Å²) in [5, 5.41) is 27.9. The van der Waals surface area contributed by atoms with E-state index < -0.39 is 11.0 Å². The number of aromatic nitrogens is 6. The maximum Gasteiger partial charge on any atom is 0.240 e. The van der Waals surface area contributed by atoms with Crippen molar-refractivity contribution in [3.63, 3.8) is 0 Å². The van der Waals surface area contributed by atoms with Gasteiger partial charge in [-0.1, -0.05) is 6.07 Å². The zero-order valence-corrected chi connectivity index (χ0v) is 25.3. The largest absolute Gasteiger partial charge is 0.473 e. The predicted molar refractivity (Wildman–Crippen MR) is 162 cm³/mol. The zero-order chi connectivity index (χ0) is 29.4. The second-order valence-electron chi connectivity index (χ2n) is 11.1. The van der Waals surface area contributed by atoms with Crippen LogP contribution in [0.4, 0.5) is 0 Å². The number of aromatic amines is 1. The normalized spacial score (nSPS) is 20.5. The third-order valence-electron chi connectivity index (χ3n) is 7.92. The molecule has 224 valence electrons. The lowest BCUT2D eigenvalue weighted by Gasteiger charge is -2.29. The van der Waals surface area contributed by atoms with Crippen LogP contribution in [-0.2, 0) is 31.1 Å². The standard InChI is InChI=1S/C29H38N8O4S/c1-19-17-34(2)18-27-22(28(33-37(27)13-14-38)41-21-9-11-36(12-10-21)42(4)39)6-8-26-23-15-20(5-7-25(23)31-32-26)24-16-30-35(3)29(24)40-19/h5-8,15-16,19,21,38H,9-14,17-18H2,1-4H3,(H,31,32)/b8-6+. The predicted octanol–water partition coefficient (Wildman–Crippen LogP) is 2.67. The Hall–Kier alpha value is -3.52. The fourth-order valence-electron chi connectivity index (χ4n) is 5.79. The van der Waals surface area contributed by atoms with Gasteiger partial charge in [-0.25, -0.2) is 13.2 Å². The number of benzene rings is 1. The third-order valence-corrected chi connectivity index (χ3v) is 9.01. The second-order valence-corrected chi connectivity index (χ2v) is 12.5. The molecule has 2 bridgehead atoms. The first-order valence-corrected chi connectivity index (χ1v) is 15.8. The molecule has 2 N–H and O–H groups in total. The van der Waals surface area contributed by atoms with Crippen LogP contribution in [0.3, 0.4) is 0 Å². The van der Waals surface area contributed by atoms with Crippen molar-refractivity contribution in [2.24, 2.45) is 7.05 Å². The lowest BCUT2D eigenvalue weighted by molar-refractivity contribution is 0.130. The van der Waals surface area contributed by atoms with Crippen LogP contribution >= 0.6 is 0 Å². The maximum absolute atomic E-state index is 11.9. The number of hydrogen-bond donors (Lipinski definition) is 2. The number of aliphatic hydroxyl groups is 1. The van der Waals surface area contributed by atoms with E-state index in [1.54, 1.807) is 10.9 Å². The fraction of sp³-hybridized carbons (Fsp3) is 0.483. The first-order chi connectivity index (χ1) is 20.3. The maximum atomic E-state index is 11.9. The van der Waals surface area contributed by atoms with E-state index in [4.69, 9.17) is 14.6 Å². The molecule has 1 fully saturated rings. The molecule has 0 saturated carbocycles. The number of piperidine rings is 1. The molecule has 2 atom stereocenters. The summed E-state index contributed by atoms with van der Waals surface area (Å²) in [6.45, 7) is 5.01. The number of likely N-dealkylation sites (N-methyl/N-ethyl adjacent to an activating group) is 1. The van der Waals surface area contributed by atoms with Gasteiger partial charge in [-0.05, 0) is 56.7 Å². The van der Waals surface area contributed by atoms with Gasteiger partial charge < -0.3 is 14.6 Å². The monoisotopic (exact) mass is 594 g/mol. The number of rotatable bonds is 5. The van der Waals surface area contributed by atoms with E-state index in [1.807, 2.05) is 46.5 Å². The smallest absolute Gasteiger partial charge is 0.240 e. The molecule has 12 nitrogen and oxygen atoms in total. The van der Waals surface area contributed by atoms with Gasteiger partial charge in [-0.2, -0.15) is 10.2 Å². The molecule has 0 spiro atoms. The topological polar surface area (TPSA) is 127 Å². The van der Waals surface area contributed by atoms with Gasteiger partial charge in [0.05, 0.1) is 58.4 Å². The van der Waals surface area contributed by atoms with Gasteiger partial charge in [0.25, 0.3) is 0 Å². The van der Waals surface area contributed by atoms with E-state index in [2.05, 4.69) is 40.2 Å². The Bertz CT molecular complexity index is 1620. The summed E-state index contributed by atoms with van der Waals surface area (Å²) in [5.74, 6) is 1.25. The molecule has 4 aromatic rings. The minimum atomic E-state index is -0.985. The van der Waals surface area contributed by atoms with Crippen LogP contribution in [0, 0.1) is 0 Å². The molecule has 1 saturated heterocycles. The number of nitrogens with zero attached hydrogens (tertiary/aromatic N) is 7. The summed E-state index contributed by atoms with van der Waals surface area (Å²) >= 11 is 0. The van der Waals surface area contributed by atoms with Crippen molar-refractivity contribution in [2.75, 3.05) is 39.5 Å². The van der Waals surface area contributed by atoms with Crippen molar-refractivity contribution in [1.29, 1.82) is 0 Å². The number of aryl methyl sites for hydroxylation is 1. The molecule has 5 heterocycles. The van der Waals surface area contributed by atoms with E-state index in [0.29, 0.717) is 44.5 Å². The lowest BCUT2D eigenvalue weighted by atomic mass is 10.0. The van der Waals surface area contributed by atoms with Gasteiger partial charge in [0, 0.05) is 44.9 Å². The molecule has 0 aliphatic carbocycles. The highest BCUT2D eigenvalue weighted by atomic mass is 32.2. The molecule has 2 unspecified atom stereocenters. The van der Waals surface area contributed by atoms with E-state index in [-0.39, 0.29) is 18.8 Å². The van der Waals surface area contributed by atoms with Gasteiger partial charge in [0.1, 0.15) is 12.2 Å². The van der Waals surface area contributed by atoms with Crippen LogP contribution < -0.4 is 9.47 Å². The number of ether oxygens (including phenoxy) is 2. The first kappa shape index (κ1) is 28.6. The molecular weight excluding hydrogens is 556 g/mol. The molecule has 2 aliphatic rings. The van der Waals surface area contributed by atoms with Gasteiger partial charge in [0.2, 0.25) is 11.8 Å². The van der Waals surface area contributed by atoms with Crippen LogP contribution in [-0.4, -0.2) is 100 Å². The number of nitrogens with one attached hydrogen (secondary N) is 1.